The summed E-state index contributed by atoms with van der Waals surface area (Å²) in [5, 5.41) is 23.5. The third-order valence-corrected chi connectivity index (χ3v) is 7.39. The van der Waals surface area contributed by atoms with Crippen molar-refractivity contribution in [1.82, 2.24) is 5.32 Å². The Morgan fingerprint density at radius 2 is 1.57 bits per heavy atom. The Morgan fingerprint density at radius 1 is 0.838 bits per heavy atom. The second-order valence-corrected chi connectivity index (χ2v) is 10.5. The summed E-state index contributed by atoms with van der Waals surface area (Å²) in [6.07, 6.45) is 1.13. The van der Waals surface area contributed by atoms with Crippen LogP contribution in [-0.2, 0) is 6.42 Å². The molecule has 4 rings (SSSR count). The van der Waals surface area contributed by atoms with Gasteiger partial charge in [-0.3, -0.25) is 0 Å². The number of rotatable bonds is 9. The van der Waals surface area contributed by atoms with E-state index in [1.165, 1.54) is 5.56 Å². The van der Waals surface area contributed by atoms with E-state index in [2.05, 4.69) is 82.8 Å². The van der Waals surface area contributed by atoms with Crippen LogP contribution in [-0.4, -0.2) is 6.04 Å². The molecule has 0 aliphatic rings. The number of nitrogens with zero attached hydrogens (tertiary/aromatic N) is 2. The van der Waals surface area contributed by atoms with Gasteiger partial charge >= 0.3 is 0 Å². The van der Waals surface area contributed by atoms with Crippen LogP contribution in [0.2, 0.25) is 5.02 Å². The lowest BCUT2D eigenvalue weighted by atomic mass is 9.85. The molecule has 0 aliphatic carbocycles. The molecule has 37 heavy (non-hydrogen) atoms. The average Bonchev–Trinajstić information content (AvgIpc) is 2.92. The molecule has 0 saturated carbocycles. The van der Waals surface area contributed by atoms with Crippen LogP contribution in [0, 0.1) is 22.7 Å². The van der Waals surface area contributed by atoms with Crippen LogP contribution >= 0.6 is 27.5 Å². The quantitative estimate of drug-likeness (QED) is 0.220. The van der Waals surface area contributed by atoms with Crippen molar-refractivity contribution < 1.29 is 0 Å². The van der Waals surface area contributed by atoms with Crippen molar-refractivity contribution in [3.63, 3.8) is 0 Å². The standard InChI is InChI=1S/C32H27BrClN3/c1-22(31(19-23-8-14-30(34)15-9-23)28-6-2-4-24(18-28)21-36)37-32(16-17-35)26-12-10-25(11-13-26)27-5-3-7-29(33)20-27/h2-15,18,20,22,31-32,37H,16,19H2,1H3/t22-,31+,32?/m0/s1. The lowest BCUT2D eigenvalue weighted by Crippen LogP contribution is -2.36. The Kier molecular flexibility index (Phi) is 9.15. The van der Waals surface area contributed by atoms with Gasteiger partial charge in [0, 0.05) is 27.5 Å². The first kappa shape index (κ1) is 26.6. The molecule has 0 spiro atoms. The van der Waals surface area contributed by atoms with Gasteiger partial charge in [-0.05, 0) is 77.6 Å². The Hall–Kier alpha value is -3.41. The largest absolute Gasteiger partial charge is 0.306 e. The van der Waals surface area contributed by atoms with Crippen molar-refractivity contribution in [2.24, 2.45) is 0 Å². The SMILES string of the molecule is C[C@H](NC(CC#N)c1ccc(-c2cccc(Br)c2)cc1)[C@@H](Cc1ccc(Cl)cc1)c1cccc(C#N)c1. The topological polar surface area (TPSA) is 59.6 Å². The predicted molar refractivity (Wildman–Crippen MR) is 154 cm³/mol. The third kappa shape index (κ3) is 7.09. The second-order valence-electron chi connectivity index (χ2n) is 9.18. The maximum Gasteiger partial charge on any atom is 0.0991 e. The molecule has 0 bridgehead atoms. The smallest absolute Gasteiger partial charge is 0.0991 e. The summed E-state index contributed by atoms with van der Waals surface area (Å²) in [6.45, 7) is 2.15. The average molecular weight is 569 g/mol. The maximum atomic E-state index is 9.62. The fraction of sp³-hybridized carbons (Fsp3) is 0.188. The molecule has 0 fully saturated rings. The molecule has 3 nitrogen and oxygen atoms in total. The Morgan fingerprint density at radius 3 is 2.24 bits per heavy atom. The molecular weight excluding hydrogens is 542 g/mol. The van der Waals surface area contributed by atoms with Crippen molar-refractivity contribution >= 4 is 27.5 Å². The first-order valence-electron chi connectivity index (χ1n) is 12.2. The van der Waals surface area contributed by atoms with Gasteiger partial charge in [-0.15, -0.1) is 0 Å². The molecule has 3 atom stereocenters. The minimum Gasteiger partial charge on any atom is -0.306 e. The van der Waals surface area contributed by atoms with E-state index < -0.39 is 0 Å². The first-order valence-corrected chi connectivity index (χ1v) is 13.4. The summed E-state index contributed by atoms with van der Waals surface area (Å²) >= 11 is 9.66. The highest BCUT2D eigenvalue weighted by atomic mass is 79.9. The highest BCUT2D eigenvalue weighted by molar-refractivity contribution is 9.10. The van der Waals surface area contributed by atoms with Crippen LogP contribution in [0.1, 0.15) is 47.6 Å². The van der Waals surface area contributed by atoms with Gasteiger partial charge in [0.05, 0.1) is 24.1 Å². The minimum atomic E-state index is -0.122. The van der Waals surface area contributed by atoms with Gasteiger partial charge in [0.1, 0.15) is 0 Å². The van der Waals surface area contributed by atoms with E-state index in [-0.39, 0.29) is 18.0 Å². The number of hydrogen-bond donors (Lipinski definition) is 1. The molecule has 4 aromatic rings. The number of nitrogens with one attached hydrogen (secondary N) is 1. The maximum absolute atomic E-state index is 9.62. The Bertz CT molecular complexity index is 1420. The molecule has 0 amide bonds. The molecular formula is C32H27BrClN3. The van der Waals surface area contributed by atoms with Crippen molar-refractivity contribution in [3.05, 3.63) is 129 Å². The van der Waals surface area contributed by atoms with Gasteiger partial charge in [0.2, 0.25) is 0 Å². The van der Waals surface area contributed by atoms with Crippen molar-refractivity contribution in [2.75, 3.05) is 0 Å². The van der Waals surface area contributed by atoms with E-state index in [0.717, 1.165) is 33.1 Å². The molecule has 184 valence electrons. The van der Waals surface area contributed by atoms with Gasteiger partial charge in [-0.25, -0.2) is 0 Å². The van der Waals surface area contributed by atoms with Crippen LogP contribution in [0.4, 0.5) is 0 Å². The Labute approximate surface area is 232 Å². The normalized spacial score (nSPS) is 13.2. The molecule has 0 saturated heterocycles. The van der Waals surface area contributed by atoms with Crippen molar-refractivity contribution in [2.45, 2.75) is 37.8 Å². The molecule has 0 aliphatic heterocycles. The van der Waals surface area contributed by atoms with Crippen LogP contribution < -0.4 is 5.32 Å². The van der Waals surface area contributed by atoms with E-state index >= 15 is 0 Å². The van der Waals surface area contributed by atoms with E-state index in [4.69, 9.17) is 11.6 Å². The first-order chi connectivity index (χ1) is 18.0. The zero-order valence-corrected chi connectivity index (χ0v) is 22.9. The summed E-state index contributed by atoms with van der Waals surface area (Å²) in [6, 6.07) is 36.9. The fourth-order valence-electron chi connectivity index (χ4n) is 4.67. The number of benzene rings is 4. The summed E-state index contributed by atoms with van der Waals surface area (Å²) in [5.41, 5.74) is 6.24. The van der Waals surface area contributed by atoms with E-state index in [9.17, 15) is 10.5 Å². The van der Waals surface area contributed by atoms with Gasteiger partial charge in [-0.2, -0.15) is 10.5 Å². The molecule has 5 heteroatoms. The van der Waals surface area contributed by atoms with Crippen LogP contribution in [0.25, 0.3) is 11.1 Å². The minimum absolute atomic E-state index is 0.0349. The van der Waals surface area contributed by atoms with E-state index in [1.807, 2.05) is 54.6 Å². The third-order valence-electron chi connectivity index (χ3n) is 6.65. The lowest BCUT2D eigenvalue weighted by molar-refractivity contribution is 0.401. The molecule has 4 aromatic carbocycles. The number of halogens is 2. The van der Waals surface area contributed by atoms with Crippen LogP contribution in [0.15, 0.2) is 102 Å². The van der Waals surface area contributed by atoms with Gasteiger partial charge in [0.15, 0.2) is 0 Å². The zero-order chi connectivity index (χ0) is 26.2. The van der Waals surface area contributed by atoms with Crippen LogP contribution in [0.5, 0.6) is 0 Å². The van der Waals surface area contributed by atoms with Gasteiger partial charge in [-0.1, -0.05) is 88.2 Å². The highest BCUT2D eigenvalue weighted by Gasteiger charge is 2.24. The zero-order valence-electron chi connectivity index (χ0n) is 20.5. The second kappa shape index (κ2) is 12.7. The molecule has 0 radical (unpaired) electrons. The van der Waals surface area contributed by atoms with Gasteiger partial charge in [0.25, 0.3) is 0 Å². The summed E-state index contributed by atoms with van der Waals surface area (Å²) < 4.78 is 1.04. The summed E-state index contributed by atoms with van der Waals surface area (Å²) in [4.78, 5) is 0. The lowest BCUT2D eigenvalue weighted by Gasteiger charge is -2.30. The van der Waals surface area contributed by atoms with E-state index in [0.29, 0.717) is 17.0 Å². The van der Waals surface area contributed by atoms with Crippen molar-refractivity contribution in [1.29, 1.82) is 10.5 Å². The summed E-state index contributed by atoms with van der Waals surface area (Å²) in [5.74, 6) is 0.0941. The Balaban J connectivity index is 1.60. The van der Waals surface area contributed by atoms with E-state index in [1.54, 1.807) is 0 Å². The van der Waals surface area contributed by atoms with Crippen molar-refractivity contribution in [3.8, 4) is 23.3 Å². The summed E-state index contributed by atoms with van der Waals surface area (Å²) in [7, 11) is 0. The molecule has 0 heterocycles. The molecule has 1 unspecified atom stereocenters. The fourth-order valence-corrected chi connectivity index (χ4v) is 5.20. The molecule has 0 aromatic heterocycles. The monoisotopic (exact) mass is 567 g/mol. The highest BCUT2D eigenvalue weighted by Crippen LogP contribution is 2.30. The predicted octanol–water partition coefficient (Wildman–Crippen LogP) is 8.60. The molecule has 1 N–H and O–H groups in total. The number of hydrogen-bond acceptors (Lipinski definition) is 3. The van der Waals surface area contributed by atoms with Gasteiger partial charge < -0.3 is 5.32 Å². The number of nitriles is 2. The van der Waals surface area contributed by atoms with Crippen LogP contribution in [0.3, 0.4) is 0 Å².